The largest absolute Gasteiger partial charge is 0.237 e. The molecule has 0 atom stereocenters. The van der Waals surface area contributed by atoms with Gasteiger partial charge in [-0.15, -0.1) is 6.58 Å². The van der Waals surface area contributed by atoms with E-state index >= 15 is 0 Å². The zero-order chi connectivity index (χ0) is 7.40. The number of hydrogen-bond acceptors (Lipinski definition) is 3. The van der Waals surface area contributed by atoms with Gasteiger partial charge in [-0.1, -0.05) is 17.8 Å². The molecule has 0 radical (unpaired) electrons. The fourth-order valence-corrected chi connectivity index (χ4v) is 1.14. The van der Waals surface area contributed by atoms with Crippen LogP contribution in [0.3, 0.4) is 0 Å². The van der Waals surface area contributed by atoms with Gasteiger partial charge in [-0.3, -0.25) is 0 Å². The van der Waals surface area contributed by atoms with Gasteiger partial charge in [-0.2, -0.15) is 5.10 Å². The SMILES string of the molecule is C=CCn1ncnc1SC. The van der Waals surface area contributed by atoms with Crippen molar-refractivity contribution in [2.45, 2.75) is 11.7 Å². The summed E-state index contributed by atoms with van der Waals surface area (Å²) in [6, 6.07) is 0. The molecule has 3 nitrogen and oxygen atoms in total. The number of thioether (sulfide) groups is 1. The third-order valence-corrected chi connectivity index (χ3v) is 1.75. The second-order valence-corrected chi connectivity index (χ2v) is 2.49. The van der Waals surface area contributed by atoms with E-state index in [1.165, 1.54) is 0 Å². The lowest BCUT2D eigenvalue weighted by Crippen LogP contribution is -1.98. The molecule has 0 aliphatic carbocycles. The molecule has 1 aromatic rings. The van der Waals surface area contributed by atoms with Gasteiger partial charge < -0.3 is 0 Å². The van der Waals surface area contributed by atoms with Crippen LogP contribution in [0.4, 0.5) is 0 Å². The summed E-state index contributed by atoms with van der Waals surface area (Å²) in [6.07, 6.45) is 5.33. The van der Waals surface area contributed by atoms with Gasteiger partial charge in [-0.05, 0) is 6.26 Å². The van der Waals surface area contributed by atoms with Crippen LogP contribution in [-0.4, -0.2) is 21.0 Å². The standard InChI is InChI=1S/C6H9N3S/c1-3-4-9-6(10-2)7-5-8-9/h3,5H,1,4H2,2H3. The van der Waals surface area contributed by atoms with Crippen LogP contribution in [0.1, 0.15) is 0 Å². The summed E-state index contributed by atoms with van der Waals surface area (Å²) in [5.74, 6) is 0. The van der Waals surface area contributed by atoms with Crippen molar-refractivity contribution in [2.75, 3.05) is 6.26 Å². The lowest BCUT2D eigenvalue weighted by atomic mass is 10.6. The quantitative estimate of drug-likeness (QED) is 0.485. The first-order valence-corrected chi connectivity index (χ1v) is 4.13. The zero-order valence-corrected chi connectivity index (χ0v) is 6.64. The van der Waals surface area contributed by atoms with Crippen molar-refractivity contribution in [1.82, 2.24) is 14.8 Å². The maximum Gasteiger partial charge on any atom is 0.186 e. The Kier molecular flexibility index (Phi) is 2.50. The second kappa shape index (κ2) is 3.41. The van der Waals surface area contributed by atoms with Crippen molar-refractivity contribution in [2.24, 2.45) is 0 Å². The molecular weight excluding hydrogens is 146 g/mol. The van der Waals surface area contributed by atoms with Crippen LogP contribution in [0.2, 0.25) is 0 Å². The van der Waals surface area contributed by atoms with Crippen molar-refractivity contribution in [3.05, 3.63) is 19.0 Å². The van der Waals surface area contributed by atoms with E-state index < -0.39 is 0 Å². The maximum absolute atomic E-state index is 4.02. The molecule has 1 rings (SSSR count). The van der Waals surface area contributed by atoms with Crippen LogP contribution in [0.5, 0.6) is 0 Å². The molecule has 0 spiro atoms. The van der Waals surface area contributed by atoms with Gasteiger partial charge in [-0.25, -0.2) is 9.67 Å². The predicted molar refractivity (Wildman–Crippen MR) is 42.0 cm³/mol. The highest BCUT2D eigenvalue weighted by Gasteiger charge is 1.97. The first-order chi connectivity index (χ1) is 4.88. The highest BCUT2D eigenvalue weighted by molar-refractivity contribution is 7.98. The van der Waals surface area contributed by atoms with Crippen LogP contribution in [0.15, 0.2) is 24.1 Å². The van der Waals surface area contributed by atoms with E-state index in [4.69, 9.17) is 0 Å². The van der Waals surface area contributed by atoms with Crippen LogP contribution in [-0.2, 0) is 6.54 Å². The molecule has 0 unspecified atom stereocenters. The van der Waals surface area contributed by atoms with Gasteiger partial charge >= 0.3 is 0 Å². The Balaban J connectivity index is 2.79. The molecule has 0 saturated carbocycles. The number of hydrogen-bond donors (Lipinski definition) is 0. The first kappa shape index (κ1) is 7.34. The molecule has 0 fully saturated rings. The Morgan fingerprint density at radius 3 is 3.30 bits per heavy atom. The van der Waals surface area contributed by atoms with E-state index in [0.29, 0.717) is 0 Å². The van der Waals surface area contributed by atoms with E-state index in [2.05, 4.69) is 16.7 Å². The average Bonchev–Trinajstić information content (AvgIpc) is 2.36. The molecule has 0 aliphatic rings. The second-order valence-electron chi connectivity index (χ2n) is 1.72. The van der Waals surface area contributed by atoms with Crippen LogP contribution in [0, 0.1) is 0 Å². The van der Waals surface area contributed by atoms with E-state index in [1.807, 2.05) is 6.26 Å². The molecule has 0 aromatic carbocycles. The minimum absolute atomic E-state index is 0.732. The molecular formula is C6H9N3S. The van der Waals surface area contributed by atoms with Crippen LogP contribution in [0.25, 0.3) is 0 Å². The van der Waals surface area contributed by atoms with Gasteiger partial charge in [0.15, 0.2) is 5.16 Å². The summed E-state index contributed by atoms with van der Waals surface area (Å²) in [4.78, 5) is 4.02. The number of nitrogens with zero attached hydrogens (tertiary/aromatic N) is 3. The Morgan fingerprint density at radius 1 is 1.90 bits per heavy atom. The molecule has 0 N–H and O–H groups in total. The Labute approximate surface area is 64.2 Å². The molecule has 0 bridgehead atoms. The highest BCUT2D eigenvalue weighted by atomic mass is 32.2. The van der Waals surface area contributed by atoms with Gasteiger partial charge in [0.25, 0.3) is 0 Å². The number of rotatable bonds is 3. The third kappa shape index (κ3) is 1.39. The van der Waals surface area contributed by atoms with Crippen molar-refractivity contribution in [3.8, 4) is 0 Å². The molecule has 1 aromatic heterocycles. The molecule has 4 heteroatoms. The summed E-state index contributed by atoms with van der Waals surface area (Å²) in [6.45, 7) is 4.35. The Morgan fingerprint density at radius 2 is 2.70 bits per heavy atom. The smallest absolute Gasteiger partial charge is 0.186 e. The molecule has 1 heterocycles. The predicted octanol–water partition coefficient (Wildman–Crippen LogP) is 1.19. The number of aromatic nitrogens is 3. The normalized spacial score (nSPS) is 9.70. The number of allylic oxidation sites excluding steroid dienone is 1. The monoisotopic (exact) mass is 155 g/mol. The van der Waals surface area contributed by atoms with E-state index in [0.717, 1.165) is 11.7 Å². The third-order valence-electron chi connectivity index (χ3n) is 1.06. The average molecular weight is 155 g/mol. The van der Waals surface area contributed by atoms with E-state index in [9.17, 15) is 0 Å². The highest BCUT2D eigenvalue weighted by Crippen LogP contribution is 2.08. The summed E-state index contributed by atoms with van der Waals surface area (Å²) in [7, 11) is 0. The molecule has 0 saturated heterocycles. The molecule has 0 aliphatic heterocycles. The van der Waals surface area contributed by atoms with Gasteiger partial charge in [0.05, 0.1) is 6.54 Å². The van der Waals surface area contributed by atoms with Crippen molar-refractivity contribution in [3.63, 3.8) is 0 Å². The summed E-state index contributed by atoms with van der Waals surface area (Å²) in [5, 5.41) is 4.92. The topological polar surface area (TPSA) is 30.7 Å². The van der Waals surface area contributed by atoms with Crippen molar-refractivity contribution < 1.29 is 0 Å². The summed E-state index contributed by atoms with van der Waals surface area (Å²) >= 11 is 1.58. The van der Waals surface area contributed by atoms with Crippen molar-refractivity contribution >= 4 is 11.8 Å². The lowest BCUT2D eigenvalue weighted by Gasteiger charge is -1.96. The van der Waals surface area contributed by atoms with Gasteiger partial charge in [0.1, 0.15) is 6.33 Å². The van der Waals surface area contributed by atoms with E-state index in [1.54, 1.807) is 28.8 Å². The first-order valence-electron chi connectivity index (χ1n) is 2.91. The zero-order valence-electron chi connectivity index (χ0n) is 5.82. The molecule has 10 heavy (non-hydrogen) atoms. The van der Waals surface area contributed by atoms with Gasteiger partial charge in [0, 0.05) is 0 Å². The van der Waals surface area contributed by atoms with Crippen LogP contribution < -0.4 is 0 Å². The fourth-order valence-electron chi connectivity index (χ4n) is 0.659. The molecule has 0 amide bonds. The summed E-state index contributed by atoms with van der Waals surface area (Å²) in [5.41, 5.74) is 0. The molecule has 54 valence electrons. The van der Waals surface area contributed by atoms with Gasteiger partial charge in [0.2, 0.25) is 0 Å². The minimum Gasteiger partial charge on any atom is -0.237 e. The fraction of sp³-hybridized carbons (Fsp3) is 0.333. The van der Waals surface area contributed by atoms with E-state index in [-0.39, 0.29) is 0 Å². The Hall–Kier alpha value is -0.770. The minimum atomic E-state index is 0.732. The lowest BCUT2D eigenvalue weighted by molar-refractivity contribution is 0.631. The van der Waals surface area contributed by atoms with Crippen molar-refractivity contribution in [1.29, 1.82) is 0 Å². The van der Waals surface area contributed by atoms with Crippen LogP contribution >= 0.6 is 11.8 Å². The maximum atomic E-state index is 4.02. The summed E-state index contributed by atoms with van der Waals surface area (Å²) < 4.78 is 1.80. The Bertz CT molecular complexity index is 219.